The van der Waals surface area contributed by atoms with E-state index < -0.39 is 0 Å². The molecule has 2 aliphatic rings. The van der Waals surface area contributed by atoms with Crippen LogP contribution in [0.4, 0.5) is 0 Å². The molecule has 5 nitrogen and oxygen atoms in total. The molecule has 0 N–H and O–H groups in total. The molecule has 1 aromatic heterocycles. The Labute approximate surface area is 145 Å². The molecule has 1 aromatic rings. The third-order valence-electron chi connectivity index (χ3n) is 5.77. The first-order valence-electron chi connectivity index (χ1n) is 9.38. The zero-order valence-corrected chi connectivity index (χ0v) is 15.1. The minimum absolute atomic E-state index is 0.232. The number of amides is 1. The van der Waals surface area contributed by atoms with Crippen LogP contribution >= 0.6 is 0 Å². The van der Waals surface area contributed by atoms with Crippen molar-refractivity contribution in [3.8, 4) is 0 Å². The fraction of sp³-hybridized carbons (Fsp3) is 0.737. The molecule has 0 spiro atoms. The molecule has 2 aliphatic heterocycles. The van der Waals surface area contributed by atoms with Gasteiger partial charge < -0.3 is 9.80 Å². The van der Waals surface area contributed by atoms with Crippen molar-refractivity contribution in [3.05, 3.63) is 23.8 Å². The van der Waals surface area contributed by atoms with Gasteiger partial charge in [-0.15, -0.1) is 0 Å². The molecule has 3 rings (SSSR count). The number of aryl methyl sites for hydroxylation is 1. The molecule has 0 aliphatic carbocycles. The number of rotatable bonds is 4. The summed E-state index contributed by atoms with van der Waals surface area (Å²) in [6.07, 6.45) is 10.1. The van der Waals surface area contributed by atoms with Crippen molar-refractivity contribution >= 4 is 5.91 Å². The average Bonchev–Trinajstić information content (AvgIpc) is 2.61. The summed E-state index contributed by atoms with van der Waals surface area (Å²) in [5, 5.41) is 0. The quantitative estimate of drug-likeness (QED) is 0.851. The van der Waals surface area contributed by atoms with Gasteiger partial charge in [-0.3, -0.25) is 4.79 Å². The summed E-state index contributed by atoms with van der Waals surface area (Å²) in [5.41, 5.74) is 1.30. The predicted molar refractivity (Wildman–Crippen MR) is 94.8 cm³/mol. The number of hydrogen-bond donors (Lipinski definition) is 0. The second-order valence-electron chi connectivity index (χ2n) is 7.42. The van der Waals surface area contributed by atoms with Gasteiger partial charge >= 0.3 is 0 Å². The summed E-state index contributed by atoms with van der Waals surface area (Å²) in [4.78, 5) is 24.7. The van der Waals surface area contributed by atoms with E-state index in [1.165, 1.54) is 57.3 Å². The lowest BCUT2D eigenvalue weighted by Gasteiger charge is -2.35. The number of nitrogens with zero attached hydrogens (tertiary/aromatic N) is 4. The molecule has 0 unspecified atom stereocenters. The molecular formula is C19H30N4O. The molecular weight excluding hydrogens is 300 g/mol. The lowest BCUT2D eigenvalue weighted by molar-refractivity contribution is -0.130. The van der Waals surface area contributed by atoms with E-state index in [0.717, 1.165) is 24.8 Å². The molecule has 24 heavy (non-hydrogen) atoms. The summed E-state index contributed by atoms with van der Waals surface area (Å²) < 4.78 is 0. The molecule has 2 fully saturated rings. The smallest absolute Gasteiger partial charge is 0.219 e. The highest BCUT2D eigenvalue weighted by molar-refractivity contribution is 5.73. The third kappa shape index (κ3) is 4.53. The number of piperidine rings is 2. The van der Waals surface area contributed by atoms with E-state index in [-0.39, 0.29) is 5.91 Å². The van der Waals surface area contributed by atoms with Gasteiger partial charge in [0.2, 0.25) is 5.91 Å². The maximum absolute atomic E-state index is 11.4. The van der Waals surface area contributed by atoms with Gasteiger partial charge in [-0.05, 0) is 76.1 Å². The van der Waals surface area contributed by atoms with E-state index >= 15 is 0 Å². The number of likely N-dealkylation sites (tertiary alicyclic amines) is 2. The minimum atomic E-state index is 0.232. The van der Waals surface area contributed by atoms with Crippen LogP contribution in [0.15, 0.2) is 12.4 Å². The molecule has 5 heteroatoms. The molecule has 0 bridgehead atoms. The van der Waals surface area contributed by atoms with E-state index in [9.17, 15) is 4.79 Å². The Morgan fingerprint density at radius 2 is 1.71 bits per heavy atom. The van der Waals surface area contributed by atoms with Crippen LogP contribution in [-0.2, 0) is 4.79 Å². The Morgan fingerprint density at radius 3 is 2.29 bits per heavy atom. The topological polar surface area (TPSA) is 49.3 Å². The van der Waals surface area contributed by atoms with E-state index in [2.05, 4.69) is 14.9 Å². The summed E-state index contributed by atoms with van der Waals surface area (Å²) >= 11 is 0. The lowest BCUT2D eigenvalue weighted by Crippen LogP contribution is -2.39. The molecule has 0 aromatic carbocycles. The first-order valence-corrected chi connectivity index (χ1v) is 9.38. The molecule has 132 valence electrons. The highest BCUT2D eigenvalue weighted by Gasteiger charge is 2.24. The molecule has 3 heterocycles. The SMILES string of the molecule is CC(=O)N1CCC(CCN2CCC(c3cnc(C)nc3)CC2)CC1. The average molecular weight is 330 g/mol. The highest BCUT2D eigenvalue weighted by atomic mass is 16.2. The second-order valence-corrected chi connectivity index (χ2v) is 7.42. The summed E-state index contributed by atoms with van der Waals surface area (Å²) in [6.45, 7) is 9.11. The Hall–Kier alpha value is -1.49. The largest absolute Gasteiger partial charge is 0.343 e. The van der Waals surface area contributed by atoms with Crippen LogP contribution in [0, 0.1) is 12.8 Å². The zero-order valence-electron chi connectivity index (χ0n) is 15.1. The number of carbonyl (C=O) groups excluding carboxylic acids is 1. The number of carbonyl (C=O) groups is 1. The van der Waals surface area contributed by atoms with Crippen LogP contribution in [0.1, 0.15) is 56.3 Å². The highest BCUT2D eigenvalue weighted by Crippen LogP contribution is 2.28. The predicted octanol–water partition coefficient (Wildman–Crippen LogP) is 2.61. The van der Waals surface area contributed by atoms with Crippen molar-refractivity contribution in [1.82, 2.24) is 19.8 Å². The Balaban J connectivity index is 1.37. The van der Waals surface area contributed by atoms with Crippen molar-refractivity contribution in [2.45, 2.75) is 51.9 Å². The fourth-order valence-corrected chi connectivity index (χ4v) is 4.00. The normalized spacial score (nSPS) is 21.2. The lowest BCUT2D eigenvalue weighted by atomic mass is 9.90. The third-order valence-corrected chi connectivity index (χ3v) is 5.77. The first kappa shape index (κ1) is 17.3. The Kier molecular flexibility index (Phi) is 5.82. The van der Waals surface area contributed by atoms with Crippen molar-refractivity contribution in [2.75, 3.05) is 32.7 Å². The van der Waals surface area contributed by atoms with Crippen molar-refractivity contribution in [2.24, 2.45) is 5.92 Å². The summed E-state index contributed by atoms with van der Waals surface area (Å²) in [6, 6.07) is 0. The molecule has 0 saturated carbocycles. The molecule has 0 radical (unpaired) electrons. The maximum Gasteiger partial charge on any atom is 0.219 e. The fourth-order valence-electron chi connectivity index (χ4n) is 4.00. The minimum Gasteiger partial charge on any atom is -0.343 e. The molecule has 0 atom stereocenters. The zero-order chi connectivity index (χ0) is 16.9. The molecule has 1 amide bonds. The van der Waals surface area contributed by atoms with Gasteiger partial charge in [0, 0.05) is 32.4 Å². The van der Waals surface area contributed by atoms with E-state index in [1.54, 1.807) is 6.92 Å². The monoisotopic (exact) mass is 330 g/mol. The van der Waals surface area contributed by atoms with Crippen LogP contribution in [-0.4, -0.2) is 58.4 Å². The van der Waals surface area contributed by atoms with Crippen molar-refractivity contribution < 1.29 is 4.79 Å². The van der Waals surface area contributed by atoms with Gasteiger partial charge in [-0.2, -0.15) is 0 Å². The van der Waals surface area contributed by atoms with Crippen LogP contribution in [0.25, 0.3) is 0 Å². The number of aromatic nitrogens is 2. The summed E-state index contributed by atoms with van der Waals surface area (Å²) in [7, 11) is 0. The first-order chi connectivity index (χ1) is 11.6. The van der Waals surface area contributed by atoms with Gasteiger partial charge in [-0.25, -0.2) is 9.97 Å². The van der Waals surface area contributed by atoms with Gasteiger partial charge in [-0.1, -0.05) is 0 Å². The van der Waals surface area contributed by atoms with Crippen molar-refractivity contribution in [1.29, 1.82) is 0 Å². The standard InChI is InChI=1S/C19H30N4O/c1-15-20-13-19(14-21-15)18-6-9-22(10-7-18)8-3-17-4-11-23(12-5-17)16(2)24/h13-14,17-18H,3-12H2,1-2H3. The van der Waals surface area contributed by atoms with Crippen LogP contribution in [0.3, 0.4) is 0 Å². The summed E-state index contributed by atoms with van der Waals surface area (Å²) in [5.74, 6) is 2.51. The van der Waals surface area contributed by atoms with Crippen LogP contribution < -0.4 is 0 Å². The van der Waals surface area contributed by atoms with E-state index in [4.69, 9.17) is 0 Å². The second kappa shape index (κ2) is 8.06. The van der Waals surface area contributed by atoms with Gasteiger partial charge in [0.05, 0.1) is 0 Å². The van der Waals surface area contributed by atoms with E-state index in [0.29, 0.717) is 5.92 Å². The van der Waals surface area contributed by atoms with Crippen LogP contribution in [0.2, 0.25) is 0 Å². The van der Waals surface area contributed by atoms with Crippen molar-refractivity contribution in [3.63, 3.8) is 0 Å². The number of hydrogen-bond acceptors (Lipinski definition) is 4. The van der Waals surface area contributed by atoms with Gasteiger partial charge in [0.25, 0.3) is 0 Å². The van der Waals surface area contributed by atoms with Gasteiger partial charge in [0.1, 0.15) is 5.82 Å². The van der Waals surface area contributed by atoms with Gasteiger partial charge in [0.15, 0.2) is 0 Å². The Bertz CT molecular complexity index is 529. The maximum atomic E-state index is 11.4. The molecule has 2 saturated heterocycles. The van der Waals surface area contributed by atoms with E-state index in [1.807, 2.05) is 24.2 Å². The Morgan fingerprint density at radius 1 is 1.08 bits per heavy atom. The van der Waals surface area contributed by atoms with Crippen LogP contribution in [0.5, 0.6) is 0 Å².